The molecule has 0 radical (unpaired) electrons. The molecule has 3 nitrogen and oxygen atoms in total. The van der Waals surface area contributed by atoms with Crippen molar-refractivity contribution in [3.63, 3.8) is 0 Å². The zero-order valence-electron chi connectivity index (χ0n) is 12.5. The normalized spacial score (nSPS) is 20.3. The van der Waals surface area contributed by atoms with Crippen LogP contribution in [0.2, 0.25) is 5.02 Å². The van der Waals surface area contributed by atoms with Crippen molar-refractivity contribution in [2.24, 2.45) is 4.99 Å². The molecule has 0 amide bonds. The number of hydrogen-bond acceptors (Lipinski definition) is 3. The van der Waals surface area contributed by atoms with Gasteiger partial charge in [0.1, 0.15) is 0 Å². The highest BCUT2D eigenvalue weighted by molar-refractivity contribution is 6.30. The molecule has 4 rings (SSSR count). The fraction of sp³-hybridized carbons (Fsp3) is 0.278. The average Bonchev–Trinajstić information content (AvgIpc) is 2.54. The van der Waals surface area contributed by atoms with E-state index in [2.05, 4.69) is 53.2 Å². The van der Waals surface area contributed by atoms with E-state index in [1.165, 1.54) is 11.1 Å². The minimum Gasteiger partial charge on any atom is -0.345 e. The van der Waals surface area contributed by atoms with Crippen LogP contribution >= 0.6 is 11.6 Å². The Bertz CT molecular complexity index is 726. The van der Waals surface area contributed by atoms with E-state index < -0.39 is 0 Å². The predicted molar refractivity (Wildman–Crippen MR) is 90.8 cm³/mol. The van der Waals surface area contributed by atoms with Crippen LogP contribution in [0, 0.1) is 0 Å². The molecule has 1 fully saturated rings. The van der Waals surface area contributed by atoms with Gasteiger partial charge in [0.25, 0.3) is 0 Å². The molecule has 0 saturated carbocycles. The van der Waals surface area contributed by atoms with Crippen molar-refractivity contribution < 1.29 is 0 Å². The number of rotatable bonds is 1. The number of hydrogen-bond donors (Lipinski definition) is 0. The fourth-order valence-corrected chi connectivity index (χ4v) is 3.59. The van der Waals surface area contributed by atoms with Crippen molar-refractivity contribution in [3.8, 4) is 0 Å². The van der Waals surface area contributed by atoms with Crippen LogP contribution in [-0.4, -0.2) is 35.9 Å². The van der Waals surface area contributed by atoms with Crippen molar-refractivity contribution in [1.82, 2.24) is 9.80 Å². The highest BCUT2D eigenvalue weighted by Crippen LogP contribution is 2.41. The largest absolute Gasteiger partial charge is 0.345 e. The molecule has 0 aromatic heterocycles. The van der Waals surface area contributed by atoms with Gasteiger partial charge in [-0.05, 0) is 30.2 Å². The summed E-state index contributed by atoms with van der Waals surface area (Å²) in [4.78, 5) is 9.52. The van der Waals surface area contributed by atoms with Gasteiger partial charge in [-0.1, -0.05) is 41.9 Å². The summed E-state index contributed by atoms with van der Waals surface area (Å²) in [7, 11) is 2.12. The third kappa shape index (κ3) is 2.17. The molecule has 1 atom stereocenters. The lowest BCUT2D eigenvalue weighted by Crippen LogP contribution is -2.51. The summed E-state index contributed by atoms with van der Waals surface area (Å²) in [5.41, 5.74) is 3.50. The summed E-state index contributed by atoms with van der Waals surface area (Å²) in [5.74, 6) is 1.06. The van der Waals surface area contributed by atoms with E-state index in [0.29, 0.717) is 0 Å². The summed E-state index contributed by atoms with van der Waals surface area (Å²) in [6.45, 7) is 2.08. The quantitative estimate of drug-likeness (QED) is 0.790. The van der Waals surface area contributed by atoms with Crippen molar-refractivity contribution >= 4 is 23.2 Å². The third-order valence-electron chi connectivity index (χ3n) is 4.42. The van der Waals surface area contributed by atoms with Gasteiger partial charge < -0.3 is 9.80 Å². The molecular formula is C18H18ClN3. The summed E-state index contributed by atoms with van der Waals surface area (Å²) in [6, 6.07) is 16.8. The summed E-state index contributed by atoms with van der Waals surface area (Å²) in [5, 5.41) is 0.767. The first-order valence-corrected chi connectivity index (χ1v) is 8.03. The molecule has 0 bridgehead atoms. The number of fused-ring (bicyclic) bond motifs is 2. The van der Waals surface area contributed by atoms with Gasteiger partial charge in [0, 0.05) is 30.7 Å². The number of aliphatic imine (C=N–C) groups is 1. The van der Waals surface area contributed by atoms with E-state index in [9.17, 15) is 0 Å². The highest BCUT2D eigenvalue weighted by atomic mass is 35.5. The van der Waals surface area contributed by atoms with Crippen molar-refractivity contribution in [3.05, 3.63) is 64.7 Å². The van der Waals surface area contributed by atoms with Crippen LogP contribution in [0.15, 0.2) is 53.5 Å². The minimum atomic E-state index is 0.185. The monoisotopic (exact) mass is 311 g/mol. The first-order chi connectivity index (χ1) is 10.7. The van der Waals surface area contributed by atoms with E-state index in [-0.39, 0.29) is 6.04 Å². The summed E-state index contributed by atoms with van der Waals surface area (Å²) < 4.78 is 0. The molecule has 1 unspecified atom stereocenters. The molecule has 0 N–H and O–H groups in total. The Balaban J connectivity index is 1.92. The SMILES string of the molecule is CN1CCCN2C1=Nc1ccc(Cl)cc1C2c1ccccc1. The lowest BCUT2D eigenvalue weighted by molar-refractivity contribution is 0.246. The molecule has 2 heterocycles. The second-order valence-electron chi connectivity index (χ2n) is 5.90. The van der Waals surface area contributed by atoms with Gasteiger partial charge in [0.05, 0.1) is 11.7 Å². The highest BCUT2D eigenvalue weighted by Gasteiger charge is 2.34. The van der Waals surface area contributed by atoms with Gasteiger partial charge in [0.15, 0.2) is 0 Å². The van der Waals surface area contributed by atoms with Gasteiger partial charge >= 0.3 is 0 Å². The van der Waals surface area contributed by atoms with E-state index in [4.69, 9.17) is 16.6 Å². The molecule has 22 heavy (non-hydrogen) atoms. The molecule has 0 spiro atoms. The third-order valence-corrected chi connectivity index (χ3v) is 4.66. The van der Waals surface area contributed by atoms with E-state index in [0.717, 1.165) is 36.2 Å². The second kappa shape index (κ2) is 5.33. The number of guanidine groups is 1. The van der Waals surface area contributed by atoms with Crippen molar-refractivity contribution in [2.45, 2.75) is 12.5 Å². The molecule has 2 aromatic carbocycles. The Morgan fingerprint density at radius 1 is 1.09 bits per heavy atom. The predicted octanol–water partition coefficient (Wildman–Crippen LogP) is 4.07. The molecular weight excluding hydrogens is 294 g/mol. The van der Waals surface area contributed by atoms with Crippen LogP contribution in [-0.2, 0) is 0 Å². The van der Waals surface area contributed by atoms with Crippen LogP contribution in [0.3, 0.4) is 0 Å². The number of halogens is 1. The Kier molecular flexibility index (Phi) is 3.30. The maximum Gasteiger partial charge on any atom is 0.202 e. The van der Waals surface area contributed by atoms with Crippen molar-refractivity contribution in [1.29, 1.82) is 0 Å². The Labute approximate surface area is 135 Å². The van der Waals surface area contributed by atoms with Gasteiger partial charge in [0.2, 0.25) is 5.96 Å². The fourth-order valence-electron chi connectivity index (χ4n) is 3.41. The van der Waals surface area contributed by atoms with Crippen LogP contribution in [0.5, 0.6) is 0 Å². The Hall–Kier alpha value is -2.00. The zero-order valence-corrected chi connectivity index (χ0v) is 13.3. The topological polar surface area (TPSA) is 18.8 Å². The molecule has 2 aliphatic heterocycles. The van der Waals surface area contributed by atoms with Crippen molar-refractivity contribution in [2.75, 3.05) is 20.1 Å². The smallest absolute Gasteiger partial charge is 0.202 e. The van der Waals surface area contributed by atoms with Gasteiger partial charge in [-0.2, -0.15) is 0 Å². The van der Waals surface area contributed by atoms with Gasteiger partial charge in [-0.15, -0.1) is 0 Å². The number of nitrogens with zero attached hydrogens (tertiary/aromatic N) is 3. The second-order valence-corrected chi connectivity index (χ2v) is 6.33. The Morgan fingerprint density at radius 3 is 2.73 bits per heavy atom. The first kappa shape index (κ1) is 13.6. The Morgan fingerprint density at radius 2 is 1.91 bits per heavy atom. The first-order valence-electron chi connectivity index (χ1n) is 7.65. The molecule has 0 aliphatic carbocycles. The maximum absolute atomic E-state index is 6.26. The molecule has 112 valence electrons. The summed E-state index contributed by atoms with van der Waals surface area (Å²) in [6.07, 6.45) is 1.15. The summed E-state index contributed by atoms with van der Waals surface area (Å²) >= 11 is 6.26. The minimum absolute atomic E-state index is 0.185. The number of benzene rings is 2. The van der Waals surface area contributed by atoms with E-state index in [1.807, 2.05) is 12.1 Å². The molecule has 1 saturated heterocycles. The molecule has 4 heteroatoms. The average molecular weight is 312 g/mol. The lowest BCUT2D eigenvalue weighted by atomic mass is 9.93. The van der Waals surface area contributed by atoms with E-state index >= 15 is 0 Å². The maximum atomic E-state index is 6.26. The van der Waals surface area contributed by atoms with Gasteiger partial charge in [-0.3, -0.25) is 0 Å². The van der Waals surface area contributed by atoms with Crippen LogP contribution < -0.4 is 0 Å². The van der Waals surface area contributed by atoms with E-state index in [1.54, 1.807) is 0 Å². The zero-order chi connectivity index (χ0) is 15.1. The molecule has 2 aliphatic rings. The van der Waals surface area contributed by atoms with Gasteiger partial charge in [-0.25, -0.2) is 4.99 Å². The van der Waals surface area contributed by atoms with Crippen LogP contribution in [0.1, 0.15) is 23.6 Å². The molecule has 2 aromatic rings. The standard InChI is InChI=1S/C18H18ClN3/c1-21-10-5-11-22-17(13-6-3-2-4-7-13)15-12-14(19)8-9-16(15)20-18(21)22/h2-4,6-9,12,17H,5,10-11H2,1H3. The lowest BCUT2D eigenvalue weighted by Gasteiger charge is -2.44. The van der Waals surface area contributed by atoms with Crippen LogP contribution in [0.25, 0.3) is 0 Å². The van der Waals surface area contributed by atoms with Crippen LogP contribution in [0.4, 0.5) is 5.69 Å².